The molecule has 0 aliphatic heterocycles. The van der Waals surface area contributed by atoms with E-state index in [1.165, 1.54) is 11.5 Å². The molecule has 0 spiro atoms. The normalized spacial score (nSPS) is 12.9. The largest absolute Gasteiger partial charge is 0.360 e. The van der Waals surface area contributed by atoms with Gasteiger partial charge >= 0.3 is 0 Å². The molecular weight excluding hydrogens is 220 g/mol. The molecule has 0 aliphatic carbocycles. The van der Waals surface area contributed by atoms with Gasteiger partial charge in [0.1, 0.15) is 5.82 Å². The van der Waals surface area contributed by atoms with Crippen LogP contribution in [0, 0.1) is 5.41 Å². The highest BCUT2D eigenvalue weighted by Crippen LogP contribution is 2.23. The first kappa shape index (κ1) is 13.4. The van der Waals surface area contributed by atoms with Gasteiger partial charge in [-0.2, -0.15) is 4.37 Å². The van der Waals surface area contributed by atoms with Gasteiger partial charge in [-0.3, -0.25) is 0 Å². The van der Waals surface area contributed by atoms with E-state index in [0.717, 1.165) is 17.5 Å². The van der Waals surface area contributed by atoms with E-state index in [1.807, 2.05) is 0 Å². The maximum absolute atomic E-state index is 5.67. The van der Waals surface area contributed by atoms with E-state index in [4.69, 9.17) is 5.73 Å². The third-order valence-corrected chi connectivity index (χ3v) is 3.04. The van der Waals surface area contributed by atoms with Gasteiger partial charge in [-0.05, 0) is 12.0 Å². The molecule has 4 nitrogen and oxygen atoms in total. The van der Waals surface area contributed by atoms with Gasteiger partial charge in [-0.15, -0.1) is 0 Å². The van der Waals surface area contributed by atoms with Crippen LogP contribution in [0.4, 0.5) is 5.13 Å². The van der Waals surface area contributed by atoms with Gasteiger partial charge in [-0.25, -0.2) is 4.98 Å². The molecule has 0 fully saturated rings. The average molecular weight is 242 g/mol. The Labute approximate surface area is 102 Å². The summed E-state index contributed by atoms with van der Waals surface area (Å²) in [6.07, 6.45) is 0. The Morgan fingerprint density at radius 1 is 1.25 bits per heavy atom. The molecule has 0 radical (unpaired) electrons. The summed E-state index contributed by atoms with van der Waals surface area (Å²) in [5.74, 6) is 0.894. The van der Waals surface area contributed by atoms with Gasteiger partial charge in [0.15, 0.2) is 0 Å². The molecule has 1 aromatic heterocycles. The van der Waals surface area contributed by atoms with Gasteiger partial charge in [0.25, 0.3) is 0 Å². The molecule has 5 heteroatoms. The molecule has 16 heavy (non-hydrogen) atoms. The quantitative estimate of drug-likeness (QED) is 0.850. The van der Waals surface area contributed by atoms with Crippen LogP contribution in [-0.4, -0.2) is 22.4 Å². The van der Waals surface area contributed by atoms with Crippen molar-refractivity contribution in [3.05, 3.63) is 5.82 Å². The first-order valence-electron chi connectivity index (χ1n) is 5.53. The van der Waals surface area contributed by atoms with Gasteiger partial charge in [0.05, 0.1) is 0 Å². The van der Waals surface area contributed by atoms with E-state index >= 15 is 0 Å². The number of rotatable bonds is 4. The lowest BCUT2D eigenvalue weighted by Crippen LogP contribution is -2.31. The Hall–Kier alpha value is -0.680. The first-order chi connectivity index (χ1) is 7.24. The Kier molecular flexibility index (Phi) is 3.91. The minimum atomic E-state index is 0.0137. The summed E-state index contributed by atoms with van der Waals surface area (Å²) in [6.45, 7) is 12.1. The zero-order valence-electron chi connectivity index (χ0n) is 10.8. The number of nitrogens with zero attached hydrogens (tertiary/aromatic N) is 2. The smallest absolute Gasteiger partial charge is 0.202 e. The summed E-state index contributed by atoms with van der Waals surface area (Å²) >= 11 is 1.41. The Morgan fingerprint density at radius 2 is 1.88 bits per heavy atom. The molecule has 0 unspecified atom stereocenters. The lowest BCUT2D eigenvalue weighted by molar-refractivity contribution is 0.405. The monoisotopic (exact) mass is 242 g/mol. The van der Waals surface area contributed by atoms with Crippen molar-refractivity contribution in [2.45, 2.75) is 40.0 Å². The standard InChI is InChI=1S/C11H22N4S/c1-10(2,3)8-14-9(16-15-8)13-7-11(4,5)6-12/h6-7,12H2,1-5H3,(H,13,14,15). The van der Waals surface area contributed by atoms with Crippen LogP contribution in [0.5, 0.6) is 0 Å². The Morgan fingerprint density at radius 3 is 2.31 bits per heavy atom. The molecule has 0 aliphatic rings. The molecule has 1 heterocycles. The van der Waals surface area contributed by atoms with Crippen LogP contribution in [0.1, 0.15) is 40.4 Å². The fraction of sp³-hybridized carbons (Fsp3) is 0.818. The first-order valence-corrected chi connectivity index (χ1v) is 6.30. The third-order valence-electron chi connectivity index (χ3n) is 2.37. The third kappa shape index (κ3) is 3.72. The van der Waals surface area contributed by atoms with Crippen molar-refractivity contribution in [1.82, 2.24) is 9.36 Å². The summed E-state index contributed by atoms with van der Waals surface area (Å²) in [4.78, 5) is 4.47. The second kappa shape index (κ2) is 4.67. The van der Waals surface area contributed by atoms with E-state index in [-0.39, 0.29) is 10.8 Å². The van der Waals surface area contributed by atoms with Crippen molar-refractivity contribution in [2.75, 3.05) is 18.4 Å². The van der Waals surface area contributed by atoms with Crippen LogP contribution in [0.3, 0.4) is 0 Å². The van der Waals surface area contributed by atoms with Crippen molar-refractivity contribution in [2.24, 2.45) is 11.1 Å². The van der Waals surface area contributed by atoms with Gasteiger partial charge in [-0.1, -0.05) is 34.6 Å². The minimum absolute atomic E-state index is 0.0137. The maximum atomic E-state index is 5.67. The molecule has 1 aromatic rings. The molecule has 3 N–H and O–H groups in total. The van der Waals surface area contributed by atoms with E-state index < -0.39 is 0 Å². The van der Waals surface area contributed by atoms with Crippen molar-refractivity contribution in [3.63, 3.8) is 0 Å². The predicted molar refractivity (Wildman–Crippen MR) is 69.9 cm³/mol. The average Bonchev–Trinajstić information content (AvgIpc) is 2.63. The summed E-state index contributed by atoms with van der Waals surface area (Å²) in [6, 6.07) is 0. The highest BCUT2D eigenvalue weighted by molar-refractivity contribution is 7.09. The van der Waals surface area contributed by atoms with Crippen molar-refractivity contribution < 1.29 is 0 Å². The number of anilines is 1. The number of hydrogen-bond acceptors (Lipinski definition) is 5. The summed E-state index contributed by atoms with van der Waals surface area (Å²) in [5, 5.41) is 4.17. The summed E-state index contributed by atoms with van der Waals surface area (Å²) in [7, 11) is 0. The number of hydrogen-bond donors (Lipinski definition) is 2. The topological polar surface area (TPSA) is 63.8 Å². The highest BCUT2D eigenvalue weighted by Gasteiger charge is 2.20. The maximum Gasteiger partial charge on any atom is 0.202 e. The molecule has 0 aromatic carbocycles. The second-order valence-corrected chi connectivity index (χ2v) is 6.65. The minimum Gasteiger partial charge on any atom is -0.360 e. The molecule has 0 saturated heterocycles. The fourth-order valence-corrected chi connectivity index (χ4v) is 1.74. The summed E-state index contributed by atoms with van der Waals surface area (Å²) in [5.41, 5.74) is 5.78. The number of nitrogens with two attached hydrogens (primary N) is 1. The molecule has 0 bridgehead atoms. The van der Waals surface area contributed by atoms with Gasteiger partial charge in [0, 0.05) is 23.5 Å². The Bertz CT molecular complexity index is 338. The predicted octanol–water partition coefficient (Wildman–Crippen LogP) is 2.23. The zero-order valence-corrected chi connectivity index (χ0v) is 11.6. The molecule has 0 amide bonds. The fourth-order valence-electron chi connectivity index (χ4n) is 0.987. The molecule has 0 atom stereocenters. The van der Waals surface area contributed by atoms with E-state index in [9.17, 15) is 0 Å². The highest BCUT2D eigenvalue weighted by atomic mass is 32.1. The van der Waals surface area contributed by atoms with Crippen molar-refractivity contribution in [3.8, 4) is 0 Å². The molecule has 92 valence electrons. The SMILES string of the molecule is CC(C)(CN)CNc1nc(C(C)(C)C)ns1. The van der Waals surface area contributed by atoms with Crippen molar-refractivity contribution >= 4 is 16.7 Å². The molecule has 0 saturated carbocycles. The van der Waals surface area contributed by atoms with Gasteiger partial charge in [0.2, 0.25) is 5.13 Å². The number of aromatic nitrogens is 2. The Balaban J connectivity index is 2.60. The van der Waals surface area contributed by atoms with Crippen molar-refractivity contribution in [1.29, 1.82) is 0 Å². The van der Waals surface area contributed by atoms with E-state index in [0.29, 0.717) is 6.54 Å². The summed E-state index contributed by atoms with van der Waals surface area (Å²) < 4.78 is 4.35. The van der Waals surface area contributed by atoms with Crippen LogP contribution in [0.25, 0.3) is 0 Å². The zero-order chi connectivity index (χ0) is 12.4. The van der Waals surface area contributed by atoms with E-state index in [2.05, 4.69) is 49.3 Å². The van der Waals surface area contributed by atoms with Crippen LogP contribution in [-0.2, 0) is 5.41 Å². The number of nitrogens with one attached hydrogen (secondary N) is 1. The van der Waals surface area contributed by atoms with Crippen LogP contribution < -0.4 is 11.1 Å². The molecule has 1 rings (SSSR count). The van der Waals surface area contributed by atoms with E-state index in [1.54, 1.807) is 0 Å². The second-order valence-electron chi connectivity index (χ2n) is 5.90. The van der Waals surface area contributed by atoms with Crippen LogP contribution in [0.15, 0.2) is 0 Å². The van der Waals surface area contributed by atoms with Gasteiger partial charge < -0.3 is 11.1 Å². The van der Waals surface area contributed by atoms with Crippen LogP contribution >= 0.6 is 11.5 Å². The lowest BCUT2D eigenvalue weighted by Gasteiger charge is -2.22. The lowest BCUT2D eigenvalue weighted by atomic mass is 9.94. The van der Waals surface area contributed by atoms with Crippen LogP contribution in [0.2, 0.25) is 0 Å². The molecular formula is C11H22N4S.